The van der Waals surface area contributed by atoms with Gasteiger partial charge in [-0.2, -0.15) is 0 Å². The third kappa shape index (κ3) is 5.09. The van der Waals surface area contributed by atoms with Crippen molar-refractivity contribution in [3.8, 4) is 11.1 Å². The maximum atomic E-state index is 4.49. The van der Waals surface area contributed by atoms with Crippen LogP contribution >= 0.6 is 0 Å². The first kappa shape index (κ1) is 25.3. The van der Waals surface area contributed by atoms with Crippen LogP contribution in [0.5, 0.6) is 0 Å². The fourth-order valence-corrected chi connectivity index (χ4v) is 4.69. The molecule has 176 valence electrons. The summed E-state index contributed by atoms with van der Waals surface area (Å²) < 4.78 is 0. The lowest BCUT2D eigenvalue weighted by Crippen LogP contribution is -2.27. The molecule has 0 unspecified atom stereocenters. The number of benzene rings is 2. The van der Waals surface area contributed by atoms with Gasteiger partial charge in [-0.15, -0.1) is 0 Å². The van der Waals surface area contributed by atoms with Gasteiger partial charge in [0.1, 0.15) is 0 Å². The molecule has 0 atom stereocenters. The smallest absolute Gasteiger partial charge is 0.0449 e. The molecule has 1 heteroatoms. The molecule has 2 aromatic carbocycles. The van der Waals surface area contributed by atoms with Gasteiger partial charge in [-0.05, 0) is 110 Å². The zero-order chi connectivity index (χ0) is 25.0. The lowest BCUT2D eigenvalue weighted by Gasteiger charge is -2.25. The van der Waals surface area contributed by atoms with Gasteiger partial charge in [0.25, 0.3) is 0 Å². The highest BCUT2D eigenvalue weighted by molar-refractivity contribution is 5.89. The van der Waals surface area contributed by atoms with E-state index in [4.69, 9.17) is 0 Å². The van der Waals surface area contributed by atoms with Crippen molar-refractivity contribution in [2.45, 2.75) is 48.5 Å². The third-order valence-corrected chi connectivity index (χ3v) is 6.93. The highest BCUT2D eigenvalue weighted by Crippen LogP contribution is 2.38. The minimum absolute atomic E-state index is 0.884. The Morgan fingerprint density at radius 3 is 2.38 bits per heavy atom. The summed E-state index contributed by atoms with van der Waals surface area (Å²) in [6.45, 7) is 20.5. The van der Waals surface area contributed by atoms with E-state index in [-0.39, 0.29) is 0 Å². The van der Waals surface area contributed by atoms with E-state index >= 15 is 0 Å². The van der Waals surface area contributed by atoms with Crippen molar-refractivity contribution in [2.24, 2.45) is 0 Å². The van der Waals surface area contributed by atoms with Gasteiger partial charge in [0.15, 0.2) is 0 Å². The van der Waals surface area contributed by atoms with Crippen LogP contribution in [0.25, 0.3) is 28.3 Å². The summed E-state index contributed by atoms with van der Waals surface area (Å²) in [7, 11) is 2.17. The van der Waals surface area contributed by atoms with Gasteiger partial charge >= 0.3 is 0 Å². The minimum Gasteiger partial charge on any atom is -0.370 e. The molecule has 3 rings (SSSR count). The molecule has 0 spiro atoms. The van der Waals surface area contributed by atoms with Crippen molar-refractivity contribution < 1.29 is 0 Å². The van der Waals surface area contributed by atoms with Crippen molar-refractivity contribution in [1.82, 2.24) is 0 Å². The molecule has 0 fully saturated rings. The van der Waals surface area contributed by atoms with Crippen molar-refractivity contribution in [3.05, 3.63) is 106 Å². The quantitative estimate of drug-likeness (QED) is 0.440. The van der Waals surface area contributed by atoms with Gasteiger partial charge < -0.3 is 4.90 Å². The Morgan fingerprint density at radius 1 is 0.971 bits per heavy atom. The highest BCUT2D eigenvalue weighted by Gasteiger charge is 2.18. The lowest BCUT2D eigenvalue weighted by molar-refractivity contribution is 1.02. The van der Waals surface area contributed by atoms with E-state index in [2.05, 4.69) is 127 Å². The Hall–Kier alpha value is -3.32. The van der Waals surface area contributed by atoms with Crippen molar-refractivity contribution >= 4 is 22.9 Å². The summed E-state index contributed by atoms with van der Waals surface area (Å²) in [5.41, 5.74) is 12.5. The fourth-order valence-electron chi connectivity index (χ4n) is 4.69. The van der Waals surface area contributed by atoms with Crippen LogP contribution in [0.3, 0.4) is 0 Å². The Labute approximate surface area is 206 Å². The highest BCUT2D eigenvalue weighted by atomic mass is 15.1. The van der Waals surface area contributed by atoms with E-state index in [1.54, 1.807) is 0 Å². The first-order chi connectivity index (χ1) is 16.2. The Morgan fingerprint density at radius 2 is 1.71 bits per heavy atom. The summed E-state index contributed by atoms with van der Waals surface area (Å²) in [5.74, 6) is 0. The van der Waals surface area contributed by atoms with E-state index in [9.17, 15) is 0 Å². The van der Waals surface area contributed by atoms with Crippen LogP contribution < -0.4 is 15.3 Å². The number of allylic oxidation sites excluding steroid dienone is 8. The SMILES string of the molecule is C=C1/C=C(C)\C(C)=C/CN(C)c2ccc(-c3cc(=C/C)/c(=C(C)/C=C\C=C/C)cc3C)c(C)c21. The normalized spacial score (nSPS) is 19.4. The van der Waals surface area contributed by atoms with Gasteiger partial charge in [-0.25, -0.2) is 0 Å². The Kier molecular flexibility index (Phi) is 7.99. The first-order valence-corrected chi connectivity index (χ1v) is 12.2. The molecule has 0 bridgehead atoms. The molecule has 0 N–H and O–H groups in total. The molecule has 34 heavy (non-hydrogen) atoms. The number of fused-ring (bicyclic) bond motifs is 1. The van der Waals surface area contributed by atoms with E-state index < -0.39 is 0 Å². The lowest BCUT2D eigenvalue weighted by atomic mass is 9.88. The summed E-state index contributed by atoms with van der Waals surface area (Å²) in [5, 5.41) is 2.55. The molecular weight excluding hydrogens is 410 g/mol. The molecule has 2 aromatic rings. The Bertz CT molecular complexity index is 1360. The van der Waals surface area contributed by atoms with Crippen LogP contribution in [0, 0.1) is 13.8 Å². The molecule has 0 radical (unpaired) electrons. The summed E-state index contributed by atoms with van der Waals surface area (Å²) in [6.07, 6.45) is 15.2. The zero-order valence-corrected chi connectivity index (χ0v) is 22.2. The predicted molar refractivity (Wildman–Crippen MR) is 154 cm³/mol. The van der Waals surface area contributed by atoms with Crippen molar-refractivity contribution in [3.63, 3.8) is 0 Å². The van der Waals surface area contributed by atoms with Gasteiger partial charge in [0.2, 0.25) is 0 Å². The molecule has 0 aromatic heterocycles. The summed E-state index contributed by atoms with van der Waals surface area (Å²) >= 11 is 0. The average Bonchev–Trinajstić information content (AvgIpc) is 2.85. The summed E-state index contributed by atoms with van der Waals surface area (Å²) in [4.78, 5) is 2.32. The van der Waals surface area contributed by atoms with E-state index in [0.717, 1.165) is 12.1 Å². The van der Waals surface area contributed by atoms with Gasteiger partial charge in [0, 0.05) is 24.8 Å². The van der Waals surface area contributed by atoms with Crippen LogP contribution in [0.4, 0.5) is 5.69 Å². The molecule has 0 amide bonds. The van der Waals surface area contributed by atoms with Crippen LogP contribution in [0.1, 0.15) is 51.3 Å². The third-order valence-electron chi connectivity index (χ3n) is 6.93. The fraction of sp³-hybridized carbons (Fsp3) is 0.273. The summed E-state index contributed by atoms with van der Waals surface area (Å²) in [6, 6.07) is 9.23. The van der Waals surface area contributed by atoms with Crippen LogP contribution in [0.2, 0.25) is 0 Å². The number of hydrogen-bond acceptors (Lipinski definition) is 1. The second kappa shape index (κ2) is 10.7. The molecule has 0 aliphatic carbocycles. The van der Waals surface area contributed by atoms with Crippen LogP contribution in [-0.2, 0) is 0 Å². The topological polar surface area (TPSA) is 3.24 Å². The number of rotatable bonds is 3. The number of likely N-dealkylation sites (N-methyl/N-ethyl adjacent to an activating group) is 1. The van der Waals surface area contributed by atoms with E-state index in [1.165, 1.54) is 60.7 Å². The average molecular weight is 450 g/mol. The number of hydrogen-bond donors (Lipinski definition) is 0. The molecule has 1 nitrogen and oxygen atoms in total. The van der Waals surface area contributed by atoms with Gasteiger partial charge in [-0.3, -0.25) is 0 Å². The van der Waals surface area contributed by atoms with Gasteiger partial charge in [-0.1, -0.05) is 66.8 Å². The second-order valence-electron chi connectivity index (χ2n) is 9.36. The largest absolute Gasteiger partial charge is 0.370 e. The monoisotopic (exact) mass is 449 g/mol. The number of anilines is 1. The van der Waals surface area contributed by atoms with Crippen molar-refractivity contribution in [1.29, 1.82) is 0 Å². The maximum Gasteiger partial charge on any atom is 0.0449 e. The predicted octanol–water partition coefficient (Wildman–Crippen LogP) is 7.43. The standard InChI is InChI=1S/C33H39N/c1-10-12-13-14-23(4)30-20-25(6)31(21-28(30)11-2)29-15-16-32-33(27(29)8)26(7)19-24(5)22(3)17-18-34(32)9/h10-17,19-21H,7,18H2,1-6,8-9H3/b12-10-,14-13-,22-17-,24-19-,28-11-,30-23+. The molecule has 1 heterocycles. The van der Waals surface area contributed by atoms with E-state index in [1.807, 2.05) is 6.92 Å². The van der Waals surface area contributed by atoms with Gasteiger partial charge in [0.05, 0.1) is 0 Å². The molecule has 1 aliphatic heterocycles. The second-order valence-corrected chi connectivity index (χ2v) is 9.36. The van der Waals surface area contributed by atoms with E-state index in [0.29, 0.717) is 0 Å². The molecule has 0 saturated carbocycles. The minimum atomic E-state index is 0.884. The zero-order valence-electron chi connectivity index (χ0n) is 22.2. The molecule has 1 aliphatic rings. The van der Waals surface area contributed by atoms with Crippen LogP contribution in [0.15, 0.2) is 78.4 Å². The molecule has 0 saturated heterocycles. The Balaban J connectivity index is 2.27. The number of aryl methyl sites for hydroxylation is 1. The maximum absolute atomic E-state index is 4.49. The molecular formula is C33H39N. The number of nitrogens with zero attached hydrogens (tertiary/aromatic N) is 1. The van der Waals surface area contributed by atoms with Crippen LogP contribution in [-0.4, -0.2) is 13.6 Å². The first-order valence-electron chi connectivity index (χ1n) is 12.2. The van der Waals surface area contributed by atoms with Crippen molar-refractivity contribution in [2.75, 3.05) is 18.5 Å².